The molecule has 0 saturated carbocycles. The minimum atomic E-state index is -0.995. The molecule has 0 saturated heterocycles. The zero-order valence-corrected chi connectivity index (χ0v) is 16.3. The van der Waals surface area contributed by atoms with Crippen LogP contribution in [0, 0.1) is 0 Å². The molecule has 8 heteroatoms. The smallest absolute Gasteiger partial charge is 0.412 e. The summed E-state index contributed by atoms with van der Waals surface area (Å²) in [6.45, 7) is 6.91. The van der Waals surface area contributed by atoms with Crippen LogP contribution in [0.3, 0.4) is 0 Å². The minimum Gasteiger partial charge on any atom is -0.467 e. The van der Waals surface area contributed by atoms with Gasteiger partial charge in [0, 0.05) is 5.69 Å². The number of amides is 2. The van der Waals surface area contributed by atoms with E-state index in [0.29, 0.717) is 11.4 Å². The molecule has 0 aliphatic carbocycles. The van der Waals surface area contributed by atoms with Gasteiger partial charge in [0.05, 0.1) is 18.4 Å². The third-order valence-electron chi connectivity index (χ3n) is 3.41. The molecule has 2 rings (SSSR count). The van der Waals surface area contributed by atoms with Gasteiger partial charge in [0.1, 0.15) is 11.4 Å². The van der Waals surface area contributed by atoms with Crippen LogP contribution in [-0.4, -0.2) is 29.7 Å². The van der Waals surface area contributed by atoms with Crippen molar-refractivity contribution in [1.29, 1.82) is 0 Å². The molecular weight excluding hydrogens is 364 g/mol. The summed E-state index contributed by atoms with van der Waals surface area (Å²) in [5.41, 5.74) is -0.0723. The van der Waals surface area contributed by atoms with Crippen molar-refractivity contribution in [2.75, 3.05) is 5.32 Å². The first kappa shape index (κ1) is 21.0. The first-order chi connectivity index (χ1) is 13.1. The zero-order chi connectivity index (χ0) is 20.7. The lowest BCUT2D eigenvalue weighted by molar-refractivity contribution is -0.129. The van der Waals surface area contributed by atoms with Crippen LogP contribution in [0.4, 0.5) is 10.5 Å². The lowest BCUT2D eigenvalue weighted by Gasteiger charge is -2.19. The highest BCUT2D eigenvalue weighted by Gasteiger charge is 2.20. The molecule has 0 fully saturated rings. The Morgan fingerprint density at radius 3 is 2.54 bits per heavy atom. The molecule has 0 unspecified atom stereocenters. The largest absolute Gasteiger partial charge is 0.467 e. The molecule has 28 heavy (non-hydrogen) atoms. The first-order valence-corrected chi connectivity index (χ1v) is 8.75. The Kier molecular flexibility index (Phi) is 6.81. The van der Waals surface area contributed by atoms with Crippen molar-refractivity contribution < 1.29 is 28.3 Å². The quantitative estimate of drug-likeness (QED) is 0.734. The fourth-order valence-electron chi connectivity index (χ4n) is 2.16. The molecule has 2 amide bonds. The number of nitrogens with one attached hydrogen (secondary N) is 2. The summed E-state index contributed by atoms with van der Waals surface area (Å²) in [5, 5.41) is 5.16. The number of ether oxygens (including phenoxy) is 2. The van der Waals surface area contributed by atoms with E-state index in [1.165, 1.54) is 25.3 Å². The lowest BCUT2D eigenvalue weighted by Crippen LogP contribution is -2.35. The van der Waals surface area contributed by atoms with Crippen LogP contribution in [-0.2, 0) is 20.8 Å². The monoisotopic (exact) mass is 388 g/mol. The summed E-state index contributed by atoms with van der Waals surface area (Å²) in [7, 11) is 0. The molecule has 1 atom stereocenters. The molecule has 2 aromatic rings. The van der Waals surface area contributed by atoms with Crippen molar-refractivity contribution in [1.82, 2.24) is 5.32 Å². The maximum atomic E-state index is 12.3. The van der Waals surface area contributed by atoms with Gasteiger partial charge < -0.3 is 19.2 Å². The molecule has 150 valence electrons. The molecule has 1 aromatic heterocycles. The van der Waals surface area contributed by atoms with Gasteiger partial charge in [-0.1, -0.05) is 6.07 Å². The number of hydrogen-bond acceptors (Lipinski definition) is 6. The number of benzene rings is 1. The van der Waals surface area contributed by atoms with Gasteiger partial charge in [-0.3, -0.25) is 10.1 Å². The number of anilines is 1. The van der Waals surface area contributed by atoms with Gasteiger partial charge >= 0.3 is 12.1 Å². The van der Waals surface area contributed by atoms with Crippen molar-refractivity contribution in [3.05, 3.63) is 54.0 Å². The van der Waals surface area contributed by atoms with E-state index in [-0.39, 0.29) is 12.1 Å². The van der Waals surface area contributed by atoms with E-state index in [1.807, 2.05) is 0 Å². The van der Waals surface area contributed by atoms with Crippen LogP contribution in [0.2, 0.25) is 0 Å². The van der Waals surface area contributed by atoms with Crippen molar-refractivity contribution >= 4 is 23.7 Å². The van der Waals surface area contributed by atoms with Gasteiger partial charge in [0.25, 0.3) is 5.91 Å². The predicted octanol–water partition coefficient (Wildman–Crippen LogP) is 3.49. The Hall–Kier alpha value is -3.29. The Labute approximate surface area is 163 Å². The van der Waals surface area contributed by atoms with E-state index < -0.39 is 29.7 Å². The van der Waals surface area contributed by atoms with Crippen molar-refractivity contribution in [2.24, 2.45) is 0 Å². The van der Waals surface area contributed by atoms with Gasteiger partial charge in [0.15, 0.2) is 6.10 Å². The highest BCUT2D eigenvalue weighted by molar-refractivity contribution is 5.94. The third-order valence-corrected chi connectivity index (χ3v) is 3.41. The highest BCUT2D eigenvalue weighted by atomic mass is 16.6. The first-order valence-electron chi connectivity index (χ1n) is 8.75. The second-order valence-corrected chi connectivity index (χ2v) is 7.05. The Bertz CT molecular complexity index is 823. The normalized spacial score (nSPS) is 12.0. The molecule has 0 aliphatic rings. The standard InChI is InChI=1S/C20H24N2O6/c1-13(17(23)21-12-16-9-6-10-26-16)27-18(24)14-7-5-8-15(11-14)22-19(25)28-20(2,3)4/h5-11,13H,12H2,1-4H3,(H,21,23)(H,22,25)/t13-/m1/s1. The third kappa shape index (κ3) is 6.79. The summed E-state index contributed by atoms with van der Waals surface area (Å²) < 4.78 is 15.5. The summed E-state index contributed by atoms with van der Waals surface area (Å²) in [6.07, 6.45) is -0.128. The van der Waals surface area contributed by atoms with Crippen LogP contribution >= 0.6 is 0 Å². The molecule has 1 aromatic carbocycles. The second kappa shape index (κ2) is 9.07. The predicted molar refractivity (Wildman–Crippen MR) is 102 cm³/mol. The average Bonchev–Trinajstić information content (AvgIpc) is 3.11. The van der Waals surface area contributed by atoms with Gasteiger partial charge in [0.2, 0.25) is 0 Å². The number of rotatable bonds is 6. The Morgan fingerprint density at radius 1 is 1.14 bits per heavy atom. The minimum absolute atomic E-state index is 0.194. The number of furan rings is 1. The van der Waals surface area contributed by atoms with Crippen LogP contribution < -0.4 is 10.6 Å². The summed E-state index contributed by atoms with van der Waals surface area (Å²) in [4.78, 5) is 36.2. The molecule has 0 bridgehead atoms. The van der Waals surface area contributed by atoms with E-state index in [2.05, 4.69) is 10.6 Å². The highest BCUT2D eigenvalue weighted by Crippen LogP contribution is 2.15. The van der Waals surface area contributed by atoms with E-state index in [4.69, 9.17) is 13.9 Å². The topological polar surface area (TPSA) is 107 Å². The molecule has 2 N–H and O–H groups in total. The number of carbonyl (C=O) groups is 3. The van der Waals surface area contributed by atoms with Crippen molar-refractivity contribution in [3.63, 3.8) is 0 Å². The van der Waals surface area contributed by atoms with Gasteiger partial charge in [-0.2, -0.15) is 0 Å². The number of hydrogen-bond donors (Lipinski definition) is 2. The fourth-order valence-corrected chi connectivity index (χ4v) is 2.16. The molecular formula is C20H24N2O6. The van der Waals surface area contributed by atoms with Crippen LogP contribution in [0.25, 0.3) is 0 Å². The van der Waals surface area contributed by atoms with E-state index in [0.717, 1.165) is 0 Å². The molecule has 8 nitrogen and oxygen atoms in total. The SMILES string of the molecule is C[C@@H](OC(=O)c1cccc(NC(=O)OC(C)(C)C)c1)C(=O)NCc1ccco1. The van der Waals surface area contributed by atoms with Crippen LogP contribution in [0.15, 0.2) is 47.1 Å². The van der Waals surface area contributed by atoms with Gasteiger partial charge in [-0.15, -0.1) is 0 Å². The van der Waals surface area contributed by atoms with Gasteiger partial charge in [-0.05, 0) is 58.0 Å². The lowest BCUT2D eigenvalue weighted by atomic mass is 10.2. The number of esters is 1. The Balaban J connectivity index is 1.90. The van der Waals surface area contributed by atoms with E-state index in [1.54, 1.807) is 45.0 Å². The molecule has 1 heterocycles. The average molecular weight is 388 g/mol. The van der Waals surface area contributed by atoms with Crippen molar-refractivity contribution in [2.45, 2.75) is 45.9 Å². The van der Waals surface area contributed by atoms with E-state index in [9.17, 15) is 14.4 Å². The maximum Gasteiger partial charge on any atom is 0.412 e. The fraction of sp³-hybridized carbons (Fsp3) is 0.350. The zero-order valence-electron chi connectivity index (χ0n) is 16.3. The molecule has 0 spiro atoms. The molecule has 0 aliphatic heterocycles. The van der Waals surface area contributed by atoms with E-state index >= 15 is 0 Å². The van der Waals surface area contributed by atoms with Gasteiger partial charge in [-0.25, -0.2) is 9.59 Å². The summed E-state index contributed by atoms with van der Waals surface area (Å²) >= 11 is 0. The Morgan fingerprint density at radius 2 is 1.89 bits per heavy atom. The maximum absolute atomic E-state index is 12.3. The second-order valence-electron chi connectivity index (χ2n) is 7.05. The summed E-state index contributed by atoms with van der Waals surface area (Å²) in [6, 6.07) is 9.60. The molecule has 0 radical (unpaired) electrons. The number of carbonyl (C=O) groups excluding carboxylic acids is 3. The van der Waals surface area contributed by atoms with Crippen LogP contribution in [0.5, 0.6) is 0 Å². The van der Waals surface area contributed by atoms with Crippen molar-refractivity contribution in [3.8, 4) is 0 Å². The van der Waals surface area contributed by atoms with Crippen LogP contribution in [0.1, 0.15) is 43.8 Å². The summed E-state index contributed by atoms with van der Waals surface area (Å²) in [5.74, 6) is -0.547.